The zero-order chi connectivity index (χ0) is 24.7. The van der Waals surface area contributed by atoms with E-state index in [1.54, 1.807) is 6.07 Å². The number of likely N-dealkylation sites (N-methyl/N-ethyl adjacent to an activating group) is 1. The summed E-state index contributed by atoms with van der Waals surface area (Å²) in [6.07, 6.45) is -2.52. The van der Waals surface area contributed by atoms with Crippen LogP contribution in [0.1, 0.15) is 27.9 Å². The molecule has 8 nitrogen and oxygen atoms in total. The van der Waals surface area contributed by atoms with E-state index in [9.17, 15) is 23.1 Å². The van der Waals surface area contributed by atoms with E-state index in [1.165, 1.54) is 24.5 Å². The van der Waals surface area contributed by atoms with Gasteiger partial charge in [-0.15, -0.1) is 0 Å². The molecule has 3 N–H and O–H groups in total. The largest absolute Gasteiger partial charge is 0.493 e. The van der Waals surface area contributed by atoms with Crippen molar-refractivity contribution in [1.29, 1.82) is 0 Å². The van der Waals surface area contributed by atoms with Crippen molar-refractivity contribution in [3.8, 4) is 5.75 Å². The van der Waals surface area contributed by atoms with Gasteiger partial charge in [0.2, 0.25) is 0 Å². The quantitative estimate of drug-likeness (QED) is 0.359. The maximum absolute atomic E-state index is 12.8. The number of carboxylic acid groups (broad SMARTS) is 1. The minimum absolute atomic E-state index is 0.0510. The van der Waals surface area contributed by atoms with E-state index in [0.29, 0.717) is 48.6 Å². The van der Waals surface area contributed by atoms with Gasteiger partial charge in [-0.1, -0.05) is 12.1 Å². The Hall–Kier alpha value is -3.44. The van der Waals surface area contributed by atoms with Gasteiger partial charge in [0, 0.05) is 25.0 Å². The molecular formula is C23H25F3N4O4. The third-order valence-electron chi connectivity index (χ3n) is 5.12. The molecule has 34 heavy (non-hydrogen) atoms. The third-order valence-corrected chi connectivity index (χ3v) is 5.12. The van der Waals surface area contributed by atoms with E-state index in [-0.39, 0.29) is 24.2 Å². The molecule has 3 aromatic rings. The Morgan fingerprint density at radius 3 is 2.53 bits per heavy atom. The number of carbonyl (C=O) groups is 1. The molecule has 0 fully saturated rings. The number of aromatic carboxylic acids is 1. The monoisotopic (exact) mass is 478 g/mol. The highest BCUT2D eigenvalue weighted by Crippen LogP contribution is 2.30. The number of hydrogen-bond acceptors (Lipinski definition) is 7. The van der Waals surface area contributed by atoms with Crippen molar-refractivity contribution in [2.45, 2.75) is 19.1 Å². The van der Waals surface area contributed by atoms with Crippen LogP contribution in [0.3, 0.4) is 0 Å². The molecule has 1 aromatic heterocycles. The predicted molar refractivity (Wildman–Crippen MR) is 120 cm³/mol. The number of nitrogens with zero attached hydrogens (tertiary/aromatic N) is 3. The van der Waals surface area contributed by atoms with Gasteiger partial charge in [-0.3, -0.25) is 0 Å². The van der Waals surface area contributed by atoms with Crippen molar-refractivity contribution in [2.24, 2.45) is 0 Å². The molecule has 0 bridgehead atoms. The van der Waals surface area contributed by atoms with Crippen molar-refractivity contribution in [1.82, 2.24) is 14.9 Å². The van der Waals surface area contributed by atoms with Crippen LogP contribution in [-0.2, 0) is 12.7 Å². The molecule has 3 rings (SSSR count). The van der Waals surface area contributed by atoms with Crippen LogP contribution in [-0.4, -0.2) is 64.4 Å². The lowest BCUT2D eigenvalue weighted by molar-refractivity contribution is -0.137. The second-order valence-electron chi connectivity index (χ2n) is 7.67. The number of nitrogens with one attached hydrogen (secondary N) is 1. The summed E-state index contributed by atoms with van der Waals surface area (Å²) in [6, 6.07) is 7.76. The van der Waals surface area contributed by atoms with E-state index in [0.717, 1.165) is 12.1 Å². The number of hydrogen-bond donors (Lipinski definition) is 3. The molecule has 0 radical (unpaired) electrons. The molecule has 0 spiro atoms. The highest BCUT2D eigenvalue weighted by Gasteiger charge is 2.29. The standard InChI is InChI=1S/C23H25F3N4O4/c1-30(8-9-31)7-2-10-34-17-11-18-20(19(12-17)22(32)33)28-14-29-21(18)27-13-15-3-5-16(6-4-15)23(24,25)26/h3-6,11-12,14,31H,2,7-10,13H2,1H3,(H,32,33)(H,27,28,29). The molecular weight excluding hydrogens is 453 g/mol. The van der Waals surface area contributed by atoms with E-state index in [1.807, 2.05) is 11.9 Å². The minimum Gasteiger partial charge on any atom is -0.493 e. The van der Waals surface area contributed by atoms with Crippen LogP contribution in [0.4, 0.5) is 19.0 Å². The molecule has 182 valence electrons. The Morgan fingerprint density at radius 2 is 1.88 bits per heavy atom. The van der Waals surface area contributed by atoms with Gasteiger partial charge in [0.25, 0.3) is 0 Å². The normalized spacial score (nSPS) is 11.7. The molecule has 0 aliphatic rings. The Bertz CT molecular complexity index is 1120. The summed E-state index contributed by atoms with van der Waals surface area (Å²) in [7, 11) is 1.88. The van der Waals surface area contributed by atoms with E-state index < -0.39 is 17.7 Å². The topological polar surface area (TPSA) is 108 Å². The van der Waals surface area contributed by atoms with Crippen molar-refractivity contribution in [3.63, 3.8) is 0 Å². The first-order valence-corrected chi connectivity index (χ1v) is 10.5. The summed E-state index contributed by atoms with van der Waals surface area (Å²) in [4.78, 5) is 22.0. The van der Waals surface area contributed by atoms with Crippen molar-refractivity contribution in [3.05, 3.63) is 59.4 Å². The summed E-state index contributed by atoms with van der Waals surface area (Å²) in [5, 5.41) is 22.1. The molecule has 2 aromatic carbocycles. The maximum Gasteiger partial charge on any atom is 0.416 e. The Labute approximate surface area is 194 Å². The number of aliphatic hydroxyl groups is 1. The smallest absolute Gasteiger partial charge is 0.416 e. The molecule has 0 amide bonds. The van der Waals surface area contributed by atoms with Crippen molar-refractivity contribution < 1.29 is 32.9 Å². The molecule has 11 heteroatoms. The highest BCUT2D eigenvalue weighted by atomic mass is 19.4. The van der Waals surface area contributed by atoms with Gasteiger partial charge >= 0.3 is 12.1 Å². The second-order valence-corrected chi connectivity index (χ2v) is 7.67. The van der Waals surface area contributed by atoms with Gasteiger partial charge < -0.3 is 25.2 Å². The lowest BCUT2D eigenvalue weighted by Crippen LogP contribution is -2.24. The average Bonchev–Trinajstić information content (AvgIpc) is 2.79. The summed E-state index contributed by atoms with van der Waals surface area (Å²) in [5.74, 6) is -0.506. The Morgan fingerprint density at radius 1 is 1.15 bits per heavy atom. The van der Waals surface area contributed by atoms with E-state index >= 15 is 0 Å². The summed E-state index contributed by atoms with van der Waals surface area (Å²) < 4.78 is 44.1. The average molecular weight is 478 g/mol. The van der Waals surface area contributed by atoms with Gasteiger partial charge in [0.15, 0.2) is 0 Å². The lowest BCUT2D eigenvalue weighted by Gasteiger charge is -2.16. The number of carboxylic acids is 1. The van der Waals surface area contributed by atoms with Crippen LogP contribution in [0.25, 0.3) is 10.9 Å². The van der Waals surface area contributed by atoms with E-state index in [2.05, 4.69) is 15.3 Å². The summed E-state index contributed by atoms with van der Waals surface area (Å²) in [5.41, 5.74) is 0.0223. The third kappa shape index (κ3) is 6.55. The van der Waals surface area contributed by atoms with Gasteiger partial charge in [-0.25, -0.2) is 14.8 Å². The molecule has 0 saturated heterocycles. The van der Waals surface area contributed by atoms with Gasteiger partial charge in [-0.2, -0.15) is 13.2 Å². The predicted octanol–water partition coefficient (Wildman–Crippen LogP) is 3.65. The summed E-state index contributed by atoms with van der Waals surface area (Å²) in [6.45, 7) is 1.82. The number of anilines is 1. The fourth-order valence-electron chi connectivity index (χ4n) is 3.33. The highest BCUT2D eigenvalue weighted by molar-refractivity contribution is 6.05. The van der Waals surface area contributed by atoms with Crippen molar-refractivity contribution in [2.75, 3.05) is 38.7 Å². The Kier molecular flexibility index (Phi) is 8.24. The number of benzene rings is 2. The van der Waals surface area contributed by atoms with Crippen LogP contribution in [0.2, 0.25) is 0 Å². The zero-order valence-electron chi connectivity index (χ0n) is 18.5. The second kappa shape index (κ2) is 11.1. The number of rotatable bonds is 11. The van der Waals surface area contributed by atoms with Crippen LogP contribution < -0.4 is 10.1 Å². The fourth-order valence-corrected chi connectivity index (χ4v) is 3.33. The summed E-state index contributed by atoms with van der Waals surface area (Å²) >= 11 is 0. The number of aliphatic hydroxyl groups excluding tert-OH is 1. The van der Waals surface area contributed by atoms with Gasteiger partial charge in [-0.05, 0) is 43.3 Å². The molecule has 0 aliphatic heterocycles. The zero-order valence-corrected chi connectivity index (χ0v) is 18.5. The fraction of sp³-hybridized carbons (Fsp3) is 0.348. The number of fused-ring (bicyclic) bond motifs is 1. The van der Waals surface area contributed by atoms with E-state index in [4.69, 9.17) is 9.84 Å². The molecule has 0 atom stereocenters. The molecule has 0 saturated carbocycles. The van der Waals surface area contributed by atoms with Crippen molar-refractivity contribution >= 4 is 22.7 Å². The number of aromatic nitrogens is 2. The van der Waals surface area contributed by atoms with Gasteiger partial charge in [0.1, 0.15) is 17.9 Å². The number of ether oxygens (including phenoxy) is 1. The van der Waals surface area contributed by atoms with Crippen LogP contribution in [0, 0.1) is 0 Å². The van der Waals surface area contributed by atoms with Crippen LogP contribution in [0.15, 0.2) is 42.7 Å². The first-order valence-electron chi connectivity index (χ1n) is 10.5. The molecule has 0 aliphatic carbocycles. The first-order chi connectivity index (χ1) is 16.2. The van der Waals surface area contributed by atoms with Crippen LogP contribution in [0.5, 0.6) is 5.75 Å². The maximum atomic E-state index is 12.8. The Balaban J connectivity index is 1.78. The lowest BCUT2D eigenvalue weighted by atomic mass is 10.1. The van der Waals surface area contributed by atoms with Crippen LogP contribution >= 0.6 is 0 Å². The first kappa shape index (κ1) is 25.2. The molecule has 1 heterocycles. The SMILES string of the molecule is CN(CCO)CCCOc1cc(C(=O)O)c2ncnc(NCc3ccc(C(F)(F)F)cc3)c2c1. The number of alkyl halides is 3. The minimum atomic E-state index is -4.41. The molecule has 0 unspecified atom stereocenters. The number of halogens is 3. The van der Waals surface area contributed by atoms with Gasteiger partial charge in [0.05, 0.1) is 29.9 Å².